The Morgan fingerprint density at radius 3 is 2.24 bits per heavy atom. The molecule has 0 spiro atoms. The molecular formula is C18H27BrO2. The second-order valence-electron chi connectivity index (χ2n) is 6.60. The maximum Gasteiger partial charge on any atom is 0.161 e. The third-order valence-corrected chi connectivity index (χ3v) is 5.32. The third kappa shape index (κ3) is 4.15. The van der Waals surface area contributed by atoms with Crippen molar-refractivity contribution in [3.05, 3.63) is 23.8 Å². The molecule has 0 N–H and O–H groups in total. The van der Waals surface area contributed by atoms with E-state index >= 15 is 0 Å². The highest BCUT2D eigenvalue weighted by molar-refractivity contribution is 9.09. The molecule has 2 atom stereocenters. The first-order valence-electron chi connectivity index (χ1n) is 8.03. The minimum Gasteiger partial charge on any atom is -0.490 e. The largest absolute Gasteiger partial charge is 0.490 e. The average molecular weight is 355 g/mol. The Morgan fingerprint density at radius 2 is 1.71 bits per heavy atom. The topological polar surface area (TPSA) is 18.5 Å². The molecule has 2 unspecified atom stereocenters. The van der Waals surface area contributed by atoms with E-state index < -0.39 is 0 Å². The molecule has 0 aromatic heterocycles. The van der Waals surface area contributed by atoms with Crippen molar-refractivity contribution in [2.75, 3.05) is 13.2 Å². The Hall–Kier alpha value is -0.700. The van der Waals surface area contributed by atoms with Gasteiger partial charge in [-0.05, 0) is 48.3 Å². The first-order valence-corrected chi connectivity index (χ1v) is 8.94. The summed E-state index contributed by atoms with van der Waals surface area (Å²) in [5.74, 6) is 2.45. The SMILES string of the molecule is CCCOc1ccc(C(Br)C2CC2(C)C)cc1OCCC. The maximum atomic E-state index is 5.88. The van der Waals surface area contributed by atoms with E-state index in [0.29, 0.717) is 16.2 Å². The smallest absolute Gasteiger partial charge is 0.161 e. The fourth-order valence-electron chi connectivity index (χ4n) is 2.59. The summed E-state index contributed by atoms with van der Waals surface area (Å²) < 4.78 is 11.7. The molecule has 1 aromatic carbocycles. The summed E-state index contributed by atoms with van der Waals surface area (Å²) in [7, 11) is 0. The molecule has 0 bridgehead atoms. The Labute approximate surface area is 137 Å². The first-order chi connectivity index (χ1) is 9.99. The zero-order chi connectivity index (χ0) is 15.5. The van der Waals surface area contributed by atoms with Gasteiger partial charge in [-0.25, -0.2) is 0 Å². The minimum atomic E-state index is 0.400. The number of halogens is 1. The Bertz CT molecular complexity index is 470. The molecule has 118 valence electrons. The van der Waals surface area contributed by atoms with Crippen molar-refractivity contribution in [2.45, 2.75) is 51.8 Å². The van der Waals surface area contributed by atoms with Crippen LogP contribution in [0.1, 0.15) is 57.3 Å². The number of rotatable bonds is 8. The fourth-order valence-corrected chi connectivity index (χ4v) is 3.78. The van der Waals surface area contributed by atoms with E-state index in [1.54, 1.807) is 0 Å². The quantitative estimate of drug-likeness (QED) is 0.553. The average Bonchev–Trinajstić information content (AvgIpc) is 3.11. The van der Waals surface area contributed by atoms with Crippen molar-refractivity contribution in [1.29, 1.82) is 0 Å². The van der Waals surface area contributed by atoms with Crippen molar-refractivity contribution >= 4 is 15.9 Å². The van der Waals surface area contributed by atoms with Crippen molar-refractivity contribution < 1.29 is 9.47 Å². The zero-order valence-corrected chi connectivity index (χ0v) is 15.2. The van der Waals surface area contributed by atoms with E-state index in [0.717, 1.165) is 37.6 Å². The van der Waals surface area contributed by atoms with Crippen molar-refractivity contribution in [3.8, 4) is 11.5 Å². The highest BCUT2D eigenvalue weighted by Crippen LogP contribution is 2.60. The van der Waals surface area contributed by atoms with Gasteiger partial charge in [-0.3, -0.25) is 0 Å². The van der Waals surface area contributed by atoms with Crippen LogP contribution in [-0.4, -0.2) is 13.2 Å². The van der Waals surface area contributed by atoms with E-state index in [-0.39, 0.29) is 0 Å². The number of ether oxygens (including phenoxy) is 2. The van der Waals surface area contributed by atoms with Gasteiger partial charge in [0.1, 0.15) is 0 Å². The second kappa shape index (κ2) is 7.04. The minimum absolute atomic E-state index is 0.400. The molecule has 0 amide bonds. The lowest BCUT2D eigenvalue weighted by Crippen LogP contribution is -2.04. The molecular weight excluding hydrogens is 328 g/mol. The van der Waals surface area contributed by atoms with Crippen LogP contribution in [0.25, 0.3) is 0 Å². The van der Waals surface area contributed by atoms with Crippen LogP contribution >= 0.6 is 15.9 Å². The van der Waals surface area contributed by atoms with Crippen molar-refractivity contribution in [2.24, 2.45) is 11.3 Å². The molecule has 0 aliphatic heterocycles. The van der Waals surface area contributed by atoms with E-state index in [2.05, 4.69) is 61.8 Å². The molecule has 0 radical (unpaired) electrons. The van der Waals surface area contributed by atoms with Gasteiger partial charge in [0.25, 0.3) is 0 Å². The number of hydrogen-bond donors (Lipinski definition) is 0. The monoisotopic (exact) mass is 354 g/mol. The summed E-state index contributed by atoms with van der Waals surface area (Å²) in [5, 5.41) is 0. The lowest BCUT2D eigenvalue weighted by molar-refractivity contribution is 0.268. The molecule has 1 saturated carbocycles. The molecule has 3 heteroatoms. The van der Waals surface area contributed by atoms with Gasteiger partial charge in [0, 0.05) is 4.83 Å². The van der Waals surface area contributed by atoms with Crippen LogP contribution in [0.4, 0.5) is 0 Å². The van der Waals surface area contributed by atoms with Gasteiger partial charge in [0.2, 0.25) is 0 Å². The number of alkyl halides is 1. The number of hydrogen-bond acceptors (Lipinski definition) is 2. The van der Waals surface area contributed by atoms with E-state index in [1.165, 1.54) is 12.0 Å². The molecule has 1 aliphatic carbocycles. The van der Waals surface area contributed by atoms with E-state index in [9.17, 15) is 0 Å². The summed E-state index contributed by atoms with van der Waals surface area (Å²) in [6.07, 6.45) is 3.29. The van der Waals surface area contributed by atoms with E-state index in [1.807, 2.05) is 0 Å². The van der Waals surface area contributed by atoms with Crippen LogP contribution < -0.4 is 9.47 Å². The van der Waals surface area contributed by atoms with Gasteiger partial charge in [0.05, 0.1) is 13.2 Å². The molecule has 21 heavy (non-hydrogen) atoms. The molecule has 2 nitrogen and oxygen atoms in total. The molecule has 2 rings (SSSR count). The summed E-state index contributed by atoms with van der Waals surface area (Å²) in [6, 6.07) is 6.37. The predicted octanol–water partition coefficient (Wildman–Crippen LogP) is 5.75. The van der Waals surface area contributed by atoms with E-state index in [4.69, 9.17) is 9.47 Å². The Kier molecular flexibility index (Phi) is 5.59. The summed E-state index contributed by atoms with van der Waals surface area (Å²) in [5.41, 5.74) is 1.75. The van der Waals surface area contributed by atoms with Gasteiger partial charge in [0.15, 0.2) is 11.5 Å². The van der Waals surface area contributed by atoms with Crippen LogP contribution in [0.2, 0.25) is 0 Å². The zero-order valence-electron chi connectivity index (χ0n) is 13.6. The highest BCUT2D eigenvalue weighted by atomic mass is 79.9. The third-order valence-electron chi connectivity index (χ3n) is 4.15. The van der Waals surface area contributed by atoms with Crippen LogP contribution in [0, 0.1) is 11.3 Å². The van der Waals surface area contributed by atoms with Gasteiger partial charge >= 0.3 is 0 Å². The van der Waals surface area contributed by atoms with Crippen LogP contribution in [-0.2, 0) is 0 Å². The molecule has 1 aromatic rings. The van der Waals surface area contributed by atoms with Crippen molar-refractivity contribution in [1.82, 2.24) is 0 Å². The Morgan fingerprint density at radius 1 is 1.14 bits per heavy atom. The summed E-state index contributed by atoms with van der Waals surface area (Å²) >= 11 is 3.87. The Balaban J connectivity index is 2.15. The maximum absolute atomic E-state index is 5.88. The van der Waals surface area contributed by atoms with Gasteiger partial charge in [-0.1, -0.05) is 49.7 Å². The highest BCUT2D eigenvalue weighted by Gasteiger charge is 2.49. The molecule has 0 heterocycles. The second-order valence-corrected chi connectivity index (χ2v) is 7.59. The molecule has 1 fully saturated rings. The number of benzene rings is 1. The normalized spacial score (nSPS) is 20.9. The first kappa shape index (κ1) is 16.7. The van der Waals surface area contributed by atoms with Crippen molar-refractivity contribution in [3.63, 3.8) is 0 Å². The summed E-state index contributed by atoms with van der Waals surface area (Å²) in [4.78, 5) is 0.400. The van der Waals surface area contributed by atoms with Crippen LogP contribution in [0.15, 0.2) is 18.2 Å². The van der Waals surface area contributed by atoms with Gasteiger partial charge in [-0.2, -0.15) is 0 Å². The lowest BCUT2D eigenvalue weighted by Gasteiger charge is -2.17. The standard InChI is InChI=1S/C18H27BrO2/c1-5-9-20-15-8-7-13(11-16(15)21-10-6-2)17(19)14-12-18(14,3)4/h7-8,11,14,17H,5-6,9-10,12H2,1-4H3. The lowest BCUT2D eigenvalue weighted by atomic mass is 10.0. The van der Waals surface area contributed by atoms with Crippen LogP contribution in [0.5, 0.6) is 11.5 Å². The molecule has 0 saturated heterocycles. The van der Waals surface area contributed by atoms with Gasteiger partial charge < -0.3 is 9.47 Å². The van der Waals surface area contributed by atoms with Crippen LogP contribution in [0.3, 0.4) is 0 Å². The molecule has 1 aliphatic rings. The fraction of sp³-hybridized carbons (Fsp3) is 0.667. The summed E-state index contributed by atoms with van der Waals surface area (Å²) in [6.45, 7) is 10.4. The predicted molar refractivity (Wildman–Crippen MR) is 91.6 cm³/mol. The van der Waals surface area contributed by atoms with Gasteiger partial charge in [-0.15, -0.1) is 0 Å².